The van der Waals surface area contributed by atoms with E-state index in [0.717, 1.165) is 5.52 Å². The average Bonchev–Trinajstić information content (AvgIpc) is 3.04. The number of esters is 2. The van der Waals surface area contributed by atoms with E-state index in [-0.39, 0.29) is 0 Å². The fourth-order valence-corrected chi connectivity index (χ4v) is 2.11. The highest BCUT2D eigenvalue weighted by Crippen LogP contribution is 2.17. The summed E-state index contributed by atoms with van der Waals surface area (Å²) < 4.78 is 11.6. The SMILES string of the molecule is CCn1nnc2cc(C(=O)OC3CCOC3=O)ccc21. The molecule has 1 aromatic heterocycles. The van der Waals surface area contributed by atoms with Gasteiger partial charge in [-0.1, -0.05) is 5.21 Å². The van der Waals surface area contributed by atoms with Crippen LogP contribution >= 0.6 is 0 Å². The van der Waals surface area contributed by atoms with Crippen molar-refractivity contribution in [2.24, 2.45) is 0 Å². The molecule has 1 atom stereocenters. The molecule has 0 bridgehead atoms. The van der Waals surface area contributed by atoms with E-state index in [4.69, 9.17) is 9.47 Å². The van der Waals surface area contributed by atoms with Crippen LogP contribution in [0, 0.1) is 0 Å². The Morgan fingerprint density at radius 3 is 3.10 bits per heavy atom. The first-order valence-electron chi connectivity index (χ1n) is 6.40. The van der Waals surface area contributed by atoms with Crippen molar-refractivity contribution in [3.05, 3.63) is 23.8 Å². The van der Waals surface area contributed by atoms with Crippen LogP contribution in [-0.4, -0.2) is 39.6 Å². The number of nitrogens with zero attached hydrogens (tertiary/aromatic N) is 3. The number of cyclic esters (lactones) is 1. The number of aryl methyl sites for hydroxylation is 1. The maximum atomic E-state index is 12.0. The Morgan fingerprint density at radius 2 is 2.40 bits per heavy atom. The van der Waals surface area contributed by atoms with Crippen molar-refractivity contribution in [2.75, 3.05) is 6.61 Å². The highest BCUT2D eigenvalue weighted by Gasteiger charge is 2.30. The predicted molar refractivity (Wildman–Crippen MR) is 68.0 cm³/mol. The molecular formula is C13H13N3O4. The maximum absolute atomic E-state index is 12.0. The molecule has 7 nitrogen and oxygen atoms in total. The number of rotatable bonds is 3. The van der Waals surface area contributed by atoms with Crippen molar-refractivity contribution in [3.8, 4) is 0 Å². The maximum Gasteiger partial charge on any atom is 0.347 e. The second kappa shape index (κ2) is 4.92. The molecule has 0 saturated carbocycles. The van der Waals surface area contributed by atoms with E-state index < -0.39 is 18.0 Å². The number of carbonyl (C=O) groups excluding carboxylic acids is 2. The van der Waals surface area contributed by atoms with Gasteiger partial charge in [0.25, 0.3) is 0 Å². The van der Waals surface area contributed by atoms with Gasteiger partial charge in [0.1, 0.15) is 5.52 Å². The number of ether oxygens (including phenoxy) is 2. The van der Waals surface area contributed by atoms with Crippen molar-refractivity contribution < 1.29 is 19.1 Å². The van der Waals surface area contributed by atoms with Gasteiger partial charge < -0.3 is 9.47 Å². The fourth-order valence-electron chi connectivity index (χ4n) is 2.11. The molecule has 104 valence electrons. The number of carbonyl (C=O) groups is 2. The Balaban J connectivity index is 1.82. The summed E-state index contributed by atoms with van der Waals surface area (Å²) in [6.07, 6.45) is -0.400. The van der Waals surface area contributed by atoms with Gasteiger partial charge in [-0.3, -0.25) is 0 Å². The lowest BCUT2D eigenvalue weighted by Crippen LogP contribution is -2.22. The molecule has 2 aromatic rings. The largest absolute Gasteiger partial charge is 0.463 e. The molecule has 1 saturated heterocycles. The van der Waals surface area contributed by atoms with Crippen LogP contribution in [0.5, 0.6) is 0 Å². The molecule has 7 heteroatoms. The number of hydrogen-bond donors (Lipinski definition) is 0. The molecule has 1 unspecified atom stereocenters. The van der Waals surface area contributed by atoms with E-state index in [1.165, 1.54) is 0 Å². The molecule has 0 N–H and O–H groups in total. The van der Waals surface area contributed by atoms with Gasteiger partial charge in [0.2, 0.25) is 6.10 Å². The van der Waals surface area contributed by atoms with E-state index in [1.807, 2.05) is 6.92 Å². The number of benzene rings is 1. The van der Waals surface area contributed by atoms with Crippen LogP contribution in [0.3, 0.4) is 0 Å². The molecule has 1 aromatic carbocycles. The third kappa shape index (κ3) is 2.11. The minimum atomic E-state index is -0.801. The summed E-state index contributed by atoms with van der Waals surface area (Å²) in [4.78, 5) is 23.3. The first-order chi connectivity index (χ1) is 9.69. The van der Waals surface area contributed by atoms with Crippen molar-refractivity contribution in [1.82, 2.24) is 15.0 Å². The van der Waals surface area contributed by atoms with E-state index in [2.05, 4.69) is 10.3 Å². The zero-order valence-electron chi connectivity index (χ0n) is 10.9. The van der Waals surface area contributed by atoms with Crippen molar-refractivity contribution >= 4 is 23.0 Å². The molecule has 0 aliphatic carbocycles. The Bertz CT molecular complexity index is 679. The highest BCUT2D eigenvalue weighted by atomic mass is 16.6. The number of hydrogen-bond acceptors (Lipinski definition) is 6. The van der Waals surface area contributed by atoms with Crippen molar-refractivity contribution in [1.29, 1.82) is 0 Å². The van der Waals surface area contributed by atoms with E-state index in [0.29, 0.717) is 30.7 Å². The molecule has 1 aliphatic heterocycles. The molecule has 3 rings (SSSR count). The van der Waals surface area contributed by atoms with Gasteiger partial charge in [-0.2, -0.15) is 0 Å². The van der Waals surface area contributed by atoms with Crippen LogP contribution in [0.2, 0.25) is 0 Å². The molecule has 1 fully saturated rings. The molecule has 0 radical (unpaired) electrons. The standard InChI is InChI=1S/C13H13N3O4/c1-2-16-10-4-3-8(7-9(10)14-15-16)12(17)20-11-5-6-19-13(11)18/h3-4,7,11H,2,5-6H2,1H3. The summed E-state index contributed by atoms with van der Waals surface area (Å²) in [5.74, 6) is -1.04. The lowest BCUT2D eigenvalue weighted by Gasteiger charge is -2.08. The van der Waals surface area contributed by atoms with Crippen molar-refractivity contribution in [3.63, 3.8) is 0 Å². The summed E-state index contributed by atoms with van der Waals surface area (Å²) in [5, 5.41) is 7.96. The summed E-state index contributed by atoms with van der Waals surface area (Å²) in [5.41, 5.74) is 1.82. The van der Waals surface area contributed by atoms with Crippen LogP contribution in [0.25, 0.3) is 11.0 Å². The Morgan fingerprint density at radius 1 is 1.55 bits per heavy atom. The molecule has 0 spiro atoms. The Labute approximate surface area is 114 Å². The Hall–Kier alpha value is -2.44. The Kier molecular flexibility index (Phi) is 3.09. The smallest absolute Gasteiger partial charge is 0.347 e. The monoisotopic (exact) mass is 275 g/mol. The number of aromatic nitrogens is 3. The van der Waals surface area contributed by atoms with Gasteiger partial charge in [-0.25, -0.2) is 14.3 Å². The fraction of sp³-hybridized carbons (Fsp3) is 0.385. The molecule has 20 heavy (non-hydrogen) atoms. The van der Waals surface area contributed by atoms with Gasteiger partial charge >= 0.3 is 11.9 Å². The van der Waals surface area contributed by atoms with Gasteiger partial charge in [-0.05, 0) is 25.1 Å². The quantitative estimate of drug-likeness (QED) is 0.775. The zero-order chi connectivity index (χ0) is 14.1. The second-order valence-corrected chi connectivity index (χ2v) is 4.46. The average molecular weight is 275 g/mol. The van der Waals surface area contributed by atoms with Gasteiger partial charge in [-0.15, -0.1) is 5.10 Å². The van der Waals surface area contributed by atoms with Crippen LogP contribution in [0.4, 0.5) is 0 Å². The molecule has 2 heterocycles. The molecule has 1 aliphatic rings. The van der Waals surface area contributed by atoms with E-state index in [9.17, 15) is 9.59 Å². The number of fused-ring (bicyclic) bond motifs is 1. The first-order valence-corrected chi connectivity index (χ1v) is 6.40. The van der Waals surface area contributed by atoms with Gasteiger partial charge in [0.15, 0.2) is 0 Å². The van der Waals surface area contributed by atoms with Gasteiger partial charge in [0.05, 0.1) is 17.7 Å². The van der Waals surface area contributed by atoms with Gasteiger partial charge in [0, 0.05) is 13.0 Å². The molecular weight excluding hydrogens is 262 g/mol. The molecule has 0 amide bonds. The van der Waals surface area contributed by atoms with Crippen LogP contribution < -0.4 is 0 Å². The van der Waals surface area contributed by atoms with E-state index >= 15 is 0 Å². The third-order valence-corrected chi connectivity index (χ3v) is 3.19. The predicted octanol–water partition coefficient (Wildman–Crippen LogP) is 0.923. The summed E-state index contributed by atoms with van der Waals surface area (Å²) in [6, 6.07) is 5.01. The van der Waals surface area contributed by atoms with Crippen LogP contribution in [0.15, 0.2) is 18.2 Å². The lowest BCUT2D eigenvalue weighted by atomic mass is 10.2. The minimum absolute atomic E-state index is 0.292. The van der Waals surface area contributed by atoms with Crippen molar-refractivity contribution in [2.45, 2.75) is 26.0 Å². The van der Waals surface area contributed by atoms with Crippen LogP contribution in [-0.2, 0) is 20.8 Å². The summed E-state index contributed by atoms with van der Waals surface area (Å²) in [6.45, 7) is 2.96. The zero-order valence-corrected chi connectivity index (χ0v) is 10.9. The third-order valence-electron chi connectivity index (χ3n) is 3.19. The summed E-state index contributed by atoms with van der Waals surface area (Å²) in [7, 11) is 0. The second-order valence-electron chi connectivity index (χ2n) is 4.46. The summed E-state index contributed by atoms with van der Waals surface area (Å²) >= 11 is 0. The minimum Gasteiger partial charge on any atom is -0.463 e. The lowest BCUT2D eigenvalue weighted by molar-refractivity contribution is -0.145. The topological polar surface area (TPSA) is 83.3 Å². The van der Waals surface area contributed by atoms with Crippen LogP contribution in [0.1, 0.15) is 23.7 Å². The van der Waals surface area contributed by atoms with E-state index in [1.54, 1.807) is 22.9 Å². The first kappa shape index (κ1) is 12.6. The highest BCUT2D eigenvalue weighted by molar-refractivity contribution is 5.95. The normalized spacial score (nSPS) is 18.2.